The van der Waals surface area contributed by atoms with Gasteiger partial charge in [0, 0.05) is 11.1 Å². The van der Waals surface area contributed by atoms with Gasteiger partial charge in [0.05, 0.1) is 22.8 Å². The van der Waals surface area contributed by atoms with Crippen LogP contribution in [0.25, 0.3) is 0 Å². The van der Waals surface area contributed by atoms with Gasteiger partial charge in [-0.2, -0.15) is 0 Å². The molecule has 0 heterocycles. The van der Waals surface area contributed by atoms with Crippen LogP contribution >= 0.6 is 23.2 Å². The summed E-state index contributed by atoms with van der Waals surface area (Å²) in [5.41, 5.74) is 6.99. The van der Waals surface area contributed by atoms with E-state index in [9.17, 15) is 4.79 Å². The summed E-state index contributed by atoms with van der Waals surface area (Å²) in [6.07, 6.45) is 0. The Hall–Kier alpha value is -1.71. The van der Waals surface area contributed by atoms with Crippen LogP contribution in [0.4, 0.5) is 5.69 Å². The number of ether oxygens (including phenoxy) is 1. The van der Waals surface area contributed by atoms with Gasteiger partial charge in [0.2, 0.25) is 0 Å². The number of carbonyl (C=O) groups excluding carboxylic acids is 1. The summed E-state index contributed by atoms with van der Waals surface area (Å²) in [6.45, 7) is 0. The van der Waals surface area contributed by atoms with Crippen LogP contribution in [0.5, 0.6) is 5.75 Å². The number of carbonyl (C=O) groups is 1. The maximum absolute atomic E-state index is 12.3. The van der Waals surface area contributed by atoms with Gasteiger partial charge < -0.3 is 10.5 Å². The number of anilines is 1. The van der Waals surface area contributed by atoms with Gasteiger partial charge in [-0.3, -0.25) is 4.79 Å². The molecular weight excluding hydrogens is 285 g/mol. The second-order valence-electron chi connectivity index (χ2n) is 3.91. The fraction of sp³-hybridized carbons (Fsp3) is 0.0714. The van der Waals surface area contributed by atoms with Gasteiger partial charge in [-0.1, -0.05) is 23.2 Å². The molecule has 2 aromatic rings. The number of ketones is 1. The fourth-order valence-corrected chi connectivity index (χ4v) is 1.96. The molecule has 19 heavy (non-hydrogen) atoms. The number of nitrogen functional groups attached to an aromatic ring is 1. The summed E-state index contributed by atoms with van der Waals surface area (Å²) >= 11 is 11.7. The average molecular weight is 296 g/mol. The van der Waals surface area contributed by atoms with E-state index in [1.54, 1.807) is 36.4 Å². The Morgan fingerprint density at radius 2 is 1.63 bits per heavy atom. The molecule has 0 spiro atoms. The first-order valence-electron chi connectivity index (χ1n) is 5.46. The molecule has 0 saturated heterocycles. The summed E-state index contributed by atoms with van der Waals surface area (Å²) in [5, 5.41) is 0.875. The number of hydrogen-bond acceptors (Lipinski definition) is 3. The summed E-state index contributed by atoms with van der Waals surface area (Å²) in [5.74, 6) is 0.285. The zero-order valence-corrected chi connectivity index (χ0v) is 11.6. The van der Waals surface area contributed by atoms with Gasteiger partial charge in [-0.25, -0.2) is 0 Å². The van der Waals surface area contributed by atoms with Crippen LogP contribution in [0.2, 0.25) is 10.0 Å². The predicted molar refractivity (Wildman–Crippen MR) is 77.3 cm³/mol. The van der Waals surface area contributed by atoms with Crippen LogP contribution in [0.15, 0.2) is 36.4 Å². The van der Waals surface area contributed by atoms with Gasteiger partial charge in [-0.05, 0) is 36.4 Å². The van der Waals surface area contributed by atoms with Crippen LogP contribution in [-0.4, -0.2) is 12.9 Å². The Labute approximate surface area is 120 Å². The topological polar surface area (TPSA) is 52.3 Å². The van der Waals surface area contributed by atoms with Crippen LogP contribution in [0, 0.1) is 0 Å². The van der Waals surface area contributed by atoms with E-state index in [4.69, 9.17) is 33.7 Å². The minimum Gasteiger partial charge on any atom is -0.495 e. The molecule has 98 valence electrons. The molecule has 0 bridgehead atoms. The molecule has 2 rings (SSSR count). The first-order valence-corrected chi connectivity index (χ1v) is 6.22. The lowest BCUT2D eigenvalue weighted by atomic mass is 10.0. The third kappa shape index (κ3) is 2.83. The van der Waals surface area contributed by atoms with Crippen LogP contribution in [0.3, 0.4) is 0 Å². The summed E-state index contributed by atoms with van der Waals surface area (Å²) in [6, 6.07) is 9.62. The maximum atomic E-state index is 12.3. The van der Waals surface area contributed by atoms with Crippen molar-refractivity contribution in [1.82, 2.24) is 0 Å². The highest BCUT2D eigenvalue weighted by atomic mass is 35.5. The molecule has 2 N–H and O–H groups in total. The van der Waals surface area contributed by atoms with Crippen molar-refractivity contribution in [2.45, 2.75) is 0 Å². The molecule has 0 radical (unpaired) electrons. The summed E-state index contributed by atoms with van der Waals surface area (Å²) < 4.78 is 5.08. The van der Waals surface area contributed by atoms with Crippen LogP contribution in [-0.2, 0) is 0 Å². The highest BCUT2D eigenvalue weighted by Crippen LogP contribution is 2.27. The van der Waals surface area contributed by atoms with Crippen molar-refractivity contribution in [1.29, 1.82) is 0 Å². The quantitative estimate of drug-likeness (QED) is 0.692. The molecule has 0 aliphatic rings. The van der Waals surface area contributed by atoms with E-state index >= 15 is 0 Å². The maximum Gasteiger partial charge on any atom is 0.193 e. The minimum absolute atomic E-state index is 0.168. The smallest absolute Gasteiger partial charge is 0.193 e. The van der Waals surface area contributed by atoms with Gasteiger partial charge >= 0.3 is 0 Å². The molecule has 5 heteroatoms. The summed E-state index contributed by atoms with van der Waals surface area (Å²) in [4.78, 5) is 12.3. The van der Waals surface area contributed by atoms with E-state index in [0.717, 1.165) is 0 Å². The Balaban J connectivity index is 2.41. The Bertz CT molecular complexity index is 641. The van der Waals surface area contributed by atoms with Gasteiger partial charge in [0.15, 0.2) is 5.78 Å². The Morgan fingerprint density at radius 1 is 1.05 bits per heavy atom. The lowest BCUT2D eigenvalue weighted by Crippen LogP contribution is -2.03. The molecule has 0 amide bonds. The van der Waals surface area contributed by atoms with E-state index in [0.29, 0.717) is 32.6 Å². The standard InChI is InChI=1S/C14H11Cl2NO2/c1-19-13-7-9(3-5-11(13)16)14(18)8-2-4-10(15)12(17)6-8/h2-7H,17H2,1H3. The van der Waals surface area contributed by atoms with E-state index in [2.05, 4.69) is 0 Å². The molecule has 0 aliphatic carbocycles. The van der Waals surface area contributed by atoms with Crippen molar-refractivity contribution < 1.29 is 9.53 Å². The summed E-state index contributed by atoms with van der Waals surface area (Å²) in [7, 11) is 1.50. The number of hydrogen-bond donors (Lipinski definition) is 1. The first-order chi connectivity index (χ1) is 9.02. The zero-order valence-electron chi connectivity index (χ0n) is 10.1. The monoisotopic (exact) mass is 295 g/mol. The molecule has 0 saturated carbocycles. The normalized spacial score (nSPS) is 10.3. The molecule has 0 unspecified atom stereocenters. The molecule has 0 aromatic heterocycles. The third-order valence-corrected chi connectivity index (χ3v) is 3.33. The van der Waals surface area contributed by atoms with Crippen molar-refractivity contribution in [3.8, 4) is 5.75 Å². The van der Waals surface area contributed by atoms with Crippen molar-refractivity contribution in [3.05, 3.63) is 57.6 Å². The van der Waals surface area contributed by atoms with E-state index in [1.807, 2.05) is 0 Å². The molecule has 3 nitrogen and oxygen atoms in total. The molecule has 0 fully saturated rings. The van der Waals surface area contributed by atoms with Crippen molar-refractivity contribution >= 4 is 34.7 Å². The SMILES string of the molecule is COc1cc(C(=O)c2ccc(Cl)c(N)c2)ccc1Cl. The molecule has 2 aromatic carbocycles. The fourth-order valence-electron chi connectivity index (χ4n) is 1.65. The lowest BCUT2D eigenvalue weighted by Gasteiger charge is -2.07. The van der Waals surface area contributed by atoms with Gasteiger partial charge in [-0.15, -0.1) is 0 Å². The zero-order chi connectivity index (χ0) is 14.0. The van der Waals surface area contributed by atoms with Crippen LogP contribution < -0.4 is 10.5 Å². The number of rotatable bonds is 3. The highest BCUT2D eigenvalue weighted by Gasteiger charge is 2.12. The molecular formula is C14H11Cl2NO2. The Kier molecular flexibility index (Phi) is 3.98. The van der Waals surface area contributed by atoms with Gasteiger partial charge in [0.25, 0.3) is 0 Å². The Morgan fingerprint density at radius 3 is 2.21 bits per heavy atom. The van der Waals surface area contributed by atoms with E-state index < -0.39 is 0 Å². The second kappa shape index (κ2) is 5.51. The highest BCUT2D eigenvalue weighted by molar-refractivity contribution is 6.33. The number of nitrogens with two attached hydrogens (primary N) is 1. The molecule has 0 atom stereocenters. The largest absolute Gasteiger partial charge is 0.495 e. The van der Waals surface area contributed by atoms with Crippen molar-refractivity contribution in [2.75, 3.05) is 12.8 Å². The predicted octanol–water partition coefficient (Wildman–Crippen LogP) is 3.82. The van der Waals surface area contributed by atoms with Crippen molar-refractivity contribution in [2.24, 2.45) is 0 Å². The van der Waals surface area contributed by atoms with E-state index in [1.165, 1.54) is 7.11 Å². The third-order valence-electron chi connectivity index (χ3n) is 2.67. The number of methoxy groups -OCH3 is 1. The van der Waals surface area contributed by atoms with E-state index in [-0.39, 0.29) is 5.78 Å². The molecule has 0 aliphatic heterocycles. The van der Waals surface area contributed by atoms with Crippen LogP contribution in [0.1, 0.15) is 15.9 Å². The number of benzene rings is 2. The van der Waals surface area contributed by atoms with Gasteiger partial charge in [0.1, 0.15) is 5.75 Å². The number of halogens is 2. The second-order valence-corrected chi connectivity index (χ2v) is 4.73. The van der Waals surface area contributed by atoms with Crippen molar-refractivity contribution in [3.63, 3.8) is 0 Å². The lowest BCUT2D eigenvalue weighted by molar-refractivity contribution is 0.103. The first kappa shape index (κ1) is 13.7. The minimum atomic E-state index is -0.168. The average Bonchev–Trinajstić information content (AvgIpc) is 2.41.